The first-order valence-electron chi connectivity index (χ1n) is 6.59. The first-order chi connectivity index (χ1) is 9.00. The Balaban J connectivity index is 2.08. The van der Waals surface area contributed by atoms with Crippen LogP contribution in [0.5, 0.6) is 0 Å². The van der Waals surface area contributed by atoms with Crippen molar-refractivity contribution in [3.8, 4) is 0 Å². The Morgan fingerprint density at radius 1 is 1.21 bits per heavy atom. The zero-order valence-electron chi connectivity index (χ0n) is 11.4. The highest BCUT2D eigenvalue weighted by Crippen LogP contribution is 2.24. The summed E-state index contributed by atoms with van der Waals surface area (Å²) in [4.78, 5) is 4.46. The van der Waals surface area contributed by atoms with Crippen molar-refractivity contribution in [3.05, 3.63) is 18.3 Å². The third-order valence-corrected chi connectivity index (χ3v) is 4.77. The number of hydrogen-bond acceptors (Lipinski definition) is 5. The average Bonchev–Trinajstić information content (AvgIpc) is 2.39. The van der Waals surface area contributed by atoms with Crippen LogP contribution in [0, 0.1) is 0 Å². The molecular formula is C13H21N3O2S. The maximum Gasteiger partial charge on any atom is 0.179 e. The molecule has 0 atom stereocenters. The standard InChI is InChI=1S/C13H21N3O2S/c1-14-10-5-7-11(8-6-10)16-13-12(19(2,17)18)4-3-9-15-13/h3-4,9-11,14H,5-8H2,1-2H3,(H,15,16). The normalized spacial score (nSPS) is 24.1. The Hall–Kier alpha value is -1.14. The van der Waals surface area contributed by atoms with Gasteiger partial charge in [0, 0.05) is 24.5 Å². The maximum absolute atomic E-state index is 11.7. The Morgan fingerprint density at radius 2 is 1.84 bits per heavy atom. The number of pyridine rings is 1. The van der Waals surface area contributed by atoms with Crippen LogP contribution in [0.1, 0.15) is 25.7 Å². The fraction of sp³-hybridized carbons (Fsp3) is 0.615. The summed E-state index contributed by atoms with van der Waals surface area (Å²) in [6, 6.07) is 4.14. The van der Waals surface area contributed by atoms with E-state index in [1.807, 2.05) is 7.05 Å². The molecule has 0 bridgehead atoms. The SMILES string of the molecule is CNC1CCC(Nc2ncccc2S(C)(=O)=O)CC1. The molecule has 1 aliphatic rings. The van der Waals surface area contributed by atoms with Crippen LogP contribution in [0.15, 0.2) is 23.2 Å². The number of nitrogens with one attached hydrogen (secondary N) is 2. The summed E-state index contributed by atoms with van der Waals surface area (Å²) in [5.41, 5.74) is 0. The highest BCUT2D eigenvalue weighted by molar-refractivity contribution is 7.90. The maximum atomic E-state index is 11.7. The van der Waals surface area contributed by atoms with Gasteiger partial charge in [0.25, 0.3) is 0 Å². The van der Waals surface area contributed by atoms with E-state index in [1.54, 1.807) is 18.3 Å². The van der Waals surface area contributed by atoms with Crippen molar-refractivity contribution in [2.45, 2.75) is 42.7 Å². The van der Waals surface area contributed by atoms with Gasteiger partial charge in [0.05, 0.1) is 0 Å². The van der Waals surface area contributed by atoms with Crippen LogP contribution in [0.2, 0.25) is 0 Å². The summed E-state index contributed by atoms with van der Waals surface area (Å²) < 4.78 is 23.4. The summed E-state index contributed by atoms with van der Waals surface area (Å²) in [5.74, 6) is 0.484. The van der Waals surface area contributed by atoms with E-state index in [-0.39, 0.29) is 4.90 Å². The van der Waals surface area contributed by atoms with Gasteiger partial charge in [0.15, 0.2) is 9.84 Å². The number of rotatable bonds is 4. The fourth-order valence-electron chi connectivity index (χ4n) is 2.52. The predicted molar refractivity (Wildman–Crippen MR) is 76.1 cm³/mol. The minimum atomic E-state index is -3.24. The molecule has 1 fully saturated rings. The van der Waals surface area contributed by atoms with Gasteiger partial charge >= 0.3 is 0 Å². The first kappa shape index (κ1) is 14.3. The Morgan fingerprint density at radius 3 is 2.42 bits per heavy atom. The van der Waals surface area contributed by atoms with Crippen molar-refractivity contribution in [1.29, 1.82) is 0 Å². The summed E-state index contributed by atoms with van der Waals surface area (Å²) >= 11 is 0. The van der Waals surface area contributed by atoms with Gasteiger partial charge in [-0.15, -0.1) is 0 Å². The van der Waals surface area contributed by atoms with Crippen molar-refractivity contribution < 1.29 is 8.42 Å². The van der Waals surface area contributed by atoms with Crippen molar-refractivity contribution in [2.24, 2.45) is 0 Å². The molecule has 2 rings (SSSR count). The number of sulfone groups is 1. The minimum absolute atomic E-state index is 0.283. The van der Waals surface area contributed by atoms with Crippen LogP contribution in [-0.2, 0) is 9.84 Å². The number of nitrogens with zero attached hydrogens (tertiary/aromatic N) is 1. The van der Waals surface area contributed by atoms with E-state index in [1.165, 1.54) is 6.26 Å². The summed E-state index contributed by atoms with van der Waals surface area (Å²) in [5, 5.41) is 6.57. The third-order valence-electron chi connectivity index (χ3n) is 3.65. The van der Waals surface area contributed by atoms with Gasteiger partial charge in [-0.2, -0.15) is 0 Å². The molecule has 0 saturated heterocycles. The molecule has 1 saturated carbocycles. The molecule has 5 nitrogen and oxygen atoms in total. The van der Waals surface area contributed by atoms with Crippen LogP contribution in [0.4, 0.5) is 5.82 Å². The average molecular weight is 283 g/mol. The quantitative estimate of drug-likeness (QED) is 0.874. The van der Waals surface area contributed by atoms with Crippen LogP contribution >= 0.6 is 0 Å². The largest absolute Gasteiger partial charge is 0.366 e. The molecule has 6 heteroatoms. The molecule has 0 aromatic carbocycles. The zero-order chi connectivity index (χ0) is 13.9. The molecule has 1 aliphatic carbocycles. The van der Waals surface area contributed by atoms with Gasteiger partial charge in [-0.1, -0.05) is 0 Å². The molecule has 2 N–H and O–H groups in total. The van der Waals surface area contributed by atoms with Gasteiger partial charge in [0.2, 0.25) is 0 Å². The van der Waals surface area contributed by atoms with Gasteiger partial charge in [0.1, 0.15) is 10.7 Å². The molecule has 1 heterocycles. The first-order valence-corrected chi connectivity index (χ1v) is 8.48. The Labute approximate surface area is 114 Å². The van der Waals surface area contributed by atoms with Crippen molar-refractivity contribution in [3.63, 3.8) is 0 Å². The van der Waals surface area contributed by atoms with Crippen LogP contribution in [-0.4, -0.2) is 38.8 Å². The molecule has 106 valence electrons. The molecule has 0 unspecified atom stereocenters. The van der Waals surface area contributed by atoms with E-state index in [0.717, 1.165) is 25.7 Å². The zero-order valence-corrected chi connectivity index (χ0v) is 12.2. The lowest BCUT2D eigenvalue weighted by molar-refractivity contribution is 0.370. The van der Waals surface area contributed by atoms with E-state index < -0.39 is 9.84 Å². The second-order valence-electron chi connectivity index (χ2n) is 5.10. The lowest BCUT2D eigenvalue weighted by atomic mass is 9.91. The summed E-state index contributed by atoms with van der Waals surface area (Å²) in [7, 11) is -1.25. The smallest absolute Gasteiger partial charge is 0.179 e. The van der Waals surface area contributed by atoms with Gasteiger partial charge < -0.3 is 10.6 Å². The summed E-state index contributed by atoms with van der Waals surface area (Å²) in [6.07, 6.45) is 7.12. The number of hydrogen-bond donors (Lipinski definition) is 2. The molecule has 0 aliphatic heterocycles. The van der Waals surface area contributed by atoms with E-state index in [0.29, 0.717) is 17.9 Å². The molecule has 0 amide bonds. The number of aromatic nitrogens is 1. The number of anilines is 1. The molecule has 19 heavy (non-hydrogen) atoms. The summed E-state index contributed by atoms with van der Waals surface area (Å²) in [6.45, 7) is 0. The Bertz CT molecular complexity index is 522. The van der Waals surface area contributed by atoms with Crippen LogP contribution in [0.25, 0.3) is 0 Å². The van der Waals surface area contributed by atoms with Gasteiger partial charge in [-0.3, -0.25) is 0 Å². The van der Waals surface area contributed by atoms with E-state index >= 15 is 0 Å². The topological polar surface area (TPSA) is 71.1 Å². The second kappa shape index (κ2) is 5.88. The lowest BCUT2D eigenvalue weighted by Crippen LogP contribution is -2.35. The highest BCUT2D eigenvalue weighted by atomic mass is 32.2. The van der Waals surface area contributed by atoms with Crippen molar-refractivity contribution in [2.75, 3.05) is 18.6 Å². The molecule has 1 aromatic rings. The van der Waals surface area contributed by atoms with Gasteiger partial charge in [-0.25, -0.2) is 13.4 Å². The third kappa shape index (κ3) is 3.67. The monoisotopic (exact) mass is 283 g/mol. The van der Waals surface area contributed by atoms with Gasteiger partial charge in [-0.05, 0) is 44.9 Å². The fourth-order valence-corrected chi connectivity index (χ4v) is 3.31. The van der Waals surface area contributed by atoms with Crippen LogP contribution in [0.3, 0.4) is 0 Å². The molecule has 0 radical (unpaired) electrons. The lowest BCUT2D eigenvalue weighted by Gasteiger charge is -2.29. The molecular weight excluding hydrogens is 262 g/mol. The second-order valence-corrected chi connectivity index (χ2v) is 7.09. The molecule has 1 aromatic heterocycles. The van der Waals surface area contributed by atoms with E-state index in [9.17, 15) is 8.42 Å². The van der Waals surface area contributed by atoms with E-state index in [2.05, 4.69) is 15.6 Å². The predicted octanol–water partition coefficient (Wildman–Crippen LogP) is 1.43. The van der Waals surface area contributed by atoms with Crippen molar-refractivity contribution >= 4 is 15.7 Å². The Kier molecular flexibility index (Phi) is 4.42. The highest BCUT2D eigenvalue weighted by Gasteiger charge is 2.22. The van der Waals surface area contributed by atoms with Crippen LogP contribution < -0.4 is 10.6 Å². The molecule has 0 spiro atoms. The van der Waals surface area contributed by atoms with Crippen molar-refractivity contribution in [1.82, 2.24) is 10.3 Å². The minimum Gasteiger partial charge on any atom is -0.366 e. The van der Waals surface area contributed by atoms with E-state index in [4.69, 9.17) is 0 Å².